The second-order valence-corrected chi connectivity index (χ2v) is 3.51. The van der Waals surface area contributed by atoms with Gasteiger partial charge in [-0.25, -0.2) is 4.79 Å². The maximum Gasteiger partial charge on any atom is 0.338 e. The molecule has 0 aromatic heterocycles. The van der Waals surface area contributed by atoms with Gasteiger partial charge in [-0.3, -0.25) is 0 Å². The zero-order chi connectivity index (χ0) is 12.0. The van der Waals surface area contributed by atoms with E-state index in [0.29, 0.717) is 24.2 Å². The zero-order valence-electron chi connectivity index (χ0n) is 9.23. The summed E-state index contributed by atoms with van der Waals surface area (Å²) in [4.78, 5) is 21.6. The predicted molar refractivity (Wildman–Crippen MR) is 61.3 cm³/mol. The largest absolute Gasteiger partial charge is 0.423 e. The molecular weight excluding hydrogens is 204 g/mol. The fraction of sp³-hybridized carbons (Fsp3) is 0.231. The summed E-state index contributed by atoms with van der Waals surface area (Å²) in [5.41, 5.74) is 1.41. The third kappa shape index (κ3) is 3.69. The van der Waals surface area contributed by atoms with Crippen molar-refractivity contribution in [1.29, 1.82) is 0 Å². The molecule has 0 N–H and O–H groups in total. The van der Waals surface area contributed by atoms with Crippen molar-refractivity contribution in [2.75, 3.05) is 0 Å². The van der Waals surface area contributed by atoms with E-state index in [1.165, 1.54) is 0 Å². The van der Waals surface area contributed by atoms with Crippen LogP contribution in [0.4, 0.5) is 0 Å². The van der Waals surface area contributed by atoms with Gasteiger partial charge in [-0.15, -0.1) is 0 Å². The summed E-state index contributed by atoms with van der Waals surface area (Å²) in [6.07, 6.45) is 1.39. The number of aldehydes is 1. The van der Waals surface area contributed by atoms with Crippen molar-refractivity contribution in [3.8, 4) is 5.75 Å². The van der Waals surface area contributed by atoms with E-state index >= 15 is 0 Å². The molecule has 0 bridgehead atoms. The van der Waals surface area contributed by atoms with Crippen LogP contribution in [0.5, 0.6) is 5.75 Å². The summed E-state index contributed by atoms with van der Waals surface area (Å²) in [6.45, 7) is 5.53. The Morgan fingerprint density at radius 3 is 2.56 bits per heavy atom. The van der Waals surface area contributed by atoms with E-state index in [-0.39, 0.29) is 0 Å². The van der Waals surface area contributed by atoms with Crippen LogP contribution in [-0.2, 0) is 9.59 Å². The molecule has 0 aliphatic rings. The van der Waals surface area contributed by atoms with Gasteiger partial charge in [0.1, 0.15) is 12.0 Å². The molecule has 84 valence electrons. The highest BCUT2D eigenvalue weighted by molar-refractivity contribution is 5.89. The van der Waals surface area contributed by atoms with Crippen molar-refractivity contribution in [2.24, 2.45) is 0 Å². The minimum atomic E-state index is -0.481. The van der Waals surface area contributed by atoms with Gasteiger partial charge in [0.15, 0.2) is 0 Å². The van der Waals surface area contributed by atoms with Crippen molar-refractivity contribution in [3.63, 3.8) is 0 Å². The highest BCUT2D eigenvalue weighted by Gasteiger charge is 2.08. The highest BCUT2D eigenvalue weighted by atomic mass is 16.5. The Bertz CT molecular complexity index is 390. The number of carbonyl (C=O) groups is 2. The molecule has 0 aliphatic heterocycles. The van der Waals surface area contributed by atoms with Gasteiger partial charge in [0, 0.05) is 12.0 Å². The number of rotatable bonds is 5. The Kier molecular flexibility index (Phi) is 4.45. The molecule has 0 unspecified atom stereocenters. The van der Waals surface area contributed by atoms with Gasteiger partial charge in [-0.1, -0.05) is 24.3 Å². The average Bonchev–Trinajstić information content (AvgIpc) is 2.29. The maximum absolute atomic E-state index is 11.5. The van der Waals surface area contributed by atoms with Crippen LogP contribution in [0, 0.1) is 6.92 Å². The smallest absolute Gasteiger partial charge is 0.338 e. The van der Waals surface area contributed by atoms with Gasteiger partial charge in [0.25, 0.3) is 0 Å². The van der Waals surface area contributed by atoms with Crippen molar-refractivity contribution in [1.82, 2.24) is 0 Å². The molecule has 0 heterocycles. The SMILES string of the molecule is C=C(CCC=O)C(=O)Oc1ccc(C)cc1. The van der Waals surface area contributed by atoms with Crippen LogP contribution in [0.15, 0.2) is 36.4 Å². The average molecular weight is 218 g/mol. The summed E-state index contributed by atoms with van der Waals surface area (Å²) in [5.74, 6) is 0.00792. The van der Waals surface area contributed by atoms with E-state index in [4.69, 9.17) is 4.74 Å². The van der Waals surface area contributed by atoms with Gasteiger partial charge >= 0.3 is 5.97 Å². The Morgan fingerprint density at radius 2 is 2.00 bits per heavy atom. The van der Waals surface area contributed by atoms with Crippen LogP contribution < -0.4 is 4.74 Å². The molecule has 0 atom stereocenters. The monoisotopic (exact) mass is 218 g/mol. The molecule has 3 nitrogen and oxygen atoms in total. The standard InChI is InChI=1S/C13H14O3/c1-10-5-7-12(8-6-10)16-13(15)11(2)4-3-9-14/h5-9H,2-4H2,1H3. The molecule has 0 spiro atoms. The first-order valence-corrected chi connectivity index (χ1v) is 5.03. The fourth-order valence-corrected chi connectivity index (χ4v) is 1.12. The third-order valence-electron chi connectivity index (χ3n) is 2.08. The summed E-state index contributed by atoms with van der Waals surface area (Å²) >= 11 is 0. The number of aryl methyl sites for hydroxylation is 1. The molecule has 0 radical (unpaired) electrons. The van der Waals surface area contributed by atoms with Crippen LogP contribution in [0.2, 0.25) is 0 Å². The second kappa shape index (κ2) is 5.85. The molecule has 0 aliphatic carbocycles. The molecular formula is C13H14O3. The minimum absolute atomic E-state index is 0.293. The first-order valence-electron chi connectivity index (χ1n) is 5.03. The fourth-order valence-electron chi connectivity index (χ4n) is 1.12. The van der Waals surface area contributed by atoms with E-state index in [9.17, 15) is 9.59 Å². The highest BCUT2D eigenvalue weighted by Crippen LogP contribution is 2.14. The summed E-state index contributed by atoms with van der Waals surface area (Å²) in [5, 5.41) is 0. The van der Waals surface area contributed by atoms with Crippen LogP contribution in [0.3, 0.4) is 0 Å². The molecule has 1 aromatic carbocycles. The number of benzene rings is 1. The Balaban J connectivity index is 2.54. The van der Waals surface area contributed by atoms with Crippen molar-refractivity contribution in [2.45, 2.75) is 19.8 Å². The molecule has 1 aromatic rings. The zero-order valence-corrected chi connectivity index (χ0v) is 9.23. The molecule has 0 fully saturated rings. The molecule has 0 saturated heterocycles. The molecule has 16 heavy (non-hydrogen) atoms. The summed E-state index contributed by atoms with van der Waals surface area (Å²) in [7, 11) is 0. The van der Waals surface area contributed by atoms with Gasteiger partial charge in [0.2, 0.25) is 0 Å². The topological polar surface area (TPSA) is 43.4 Å². The van der Waals surface area contributed by atoms with Crippen molar-refractivity contribution < 1.29 is 14.3 Å². The van der Waals surface area contributed by atoms with E-state index in [1.807, 2.05) is 19.1 Å². The van der Waals surface area contributed by atoms with Crippen LogP contribution in [0.25, 0.3) is 0 Å². The summed E-state index contributed by atoms with van der Waals surface area (Å²) < 4.78 is 5.07. The molecule has 1 rings (SSSR count). The Morgan fingerprint density at radius 1 is 1.38 bits per heavy atom. The van der Waals surface area contributed by atoms with E-state index in [2.05, 4.69) is 6.58 Å². The van der Waals surface area contributed by atoms with Crippen LogP contribution >= 0.6 is 0 Å². The van der Waals surface area contributed by atoms with E-state index in [0.717, 1.165) is 11.8 Å². The van der Waals surface area contributed by atoms with Gasteiger partial charge in [-0.2, -0.15) is 0 Å². The van der Waals surface area contributed by atoms with Crippen molar-refractivity contribution in [3.05, 3.63) is 42.0 Å². The lowest BCUT2D eigenvalue weighted by Crippen LogP contribution is -2.10. The van der Waals surface area contributed by atoms with Crippen LogP contribution in [-0.4, -0.2) is 12.3 Å². The second-order valence-electron chi connectivity index (χ2n) is 3.51. The lowest BCUT2D eigenvalue weighted by Gasteiger charge is -2.05. The third-order valence-corrected chi connectivity index (χ3v) is 2.08. The minimum Gasteiger partial charge on any atom is -0.423 e. The lowest BCUT2D eigenvalue weighted by atomic mass is 10.2. The van der Waals surface area contributed by atoms with Gasteiger partial charge in [0.05, 0.1) is 0 Å². The molecule has 0 amide bonds. The maximum atomic E-state index is 11.5. The number of ether oxygens (including phenoxy) is 1. The Labute approximate surface area is 94.7 Å². The lowest BCUT2D eigenvalue weighted by molar-refractivity contribution is -0.130. The van der Waals surface area contributed by atoms with Crippen molar-refractivity contribution >= 4 is 12.3 Å². The van der Waals surface area contributed by atoms with Gasteiger partial charge in [-0.05, 0) is 25.5 Å². The number of esters is 1. The summed E-state index contributed by atoms with van der Waals surface area (Å²) in [6, 6.07) is 7.16. The van der Waals surface area contributed by atoms with Gasteiger partial charge < -0.3 is 9.53 Å². The first-order chi connectivity index (χ1) is 7.63. The predicted octanol–water partition coefficient (Wildman–Crippen LogP) is 2.44. The molecule has 3 heteroatoms. The number of hydrogen-bond donors (Lipinski definition) is 0. The van der Waals surface area contributed by atoms with E-state index < -0.39 is 5.97 Å². The van der Waals surface area contributed by atoms with Crippen LogP contribution in [0.1, 0.15) is 18.4 Å². The molecule has 0 saturated carbocycles. The Hall–Kier alpha value is -1.90. The number of carbonyl (C=O) groups excluding carboxylic acids is 2. The normalized spacial score (nSPS) is 9.56. The first kappa shape index (κ1) is 12.2. The van der Waals surface area contributed by atoms with E-state index in [1.54, 1.807) is 12.1 Å². The quantitative estimate of drug-likeness (QED) is 0.330. The number of hydrogen-bond acceptors (Lipinski definition) is 3.